The van der Waals surface area contributed by atoms with Crippen molar-refractivity contribution >= 4 is 12.2 Å². The summed E-state index contributed by atoms with van der Waals surface area (Å²) in [5.74, 6) is 0.847. The predicted molar refractivity (Wildman–Crippen MR) is 65.7 cm³/mol. The zero-order valence-corrected chi connectivity index (χ0v) is 11.0. The van der Waals surface area contributed by atoms with Gasteiger partial charge in [-0.3, -0.25) is 5.10 Å². The van der Waals surface area contributed by atoms with Gasteiger partial charge in [-0.25, -0.2) is 0 Å². The molecule has 1 aromatic heterocycles. The number of aromatic nitrogens is 3. The third-order valence-corrected chi connectivity index (χ3v) is 5.35. The SMILES string of the molecule is CC12CCC(C1)C(C)(C)C2n1cn[nH]c1=S. The van der Waals surface area contributed by atoms with E-state index in [0.717, 1.165) is 10.7 Å². The maximum atomic E-state index is 5.33. The quantitative estimate of drug-likeness (QED) is 0.760. The second-order valence-corrected chi connectivity index (χ2v) is 6.77. The Balaban J connectivity index is 2.14. The maximum absolute atomic E-state index is 5.33. The highest BCUT2D eigenvalue weighted by molar-refractivity contribution is 7.71. The first-order valence-corrected chi connectivity index (χ1v) is 6.47. The molecule has 4 heteroatoms. The van der Waals surface area contributed by atoms with E-state index in [9.17, 15) is 0 Å². The maximum Gasteiger partial charge on any atom is 0.195 e. The van der Waals surface area contributed by atoms with Gasteiger partial charge in [-0.05, 0) is 48.2 Å². The van der Waals surface area contributed by atoms with Crippen molar-refractivity contribution in [3.8, 4) is 0 Å². The van der Waals surface area contributed by atoms with Crippen molar-refractivity contribution in [1.29, 1.82) is 0 Å². The number of nitrogens with zero attached hydrogens (tertiary/aromatic N) is 2. The molecule has 88 valence electrons. The molecule has 3 rings (SSSR count). The van der Waals surface area contributed by atoms with Crippen LogP contribution >= 0.6 is 12.2 Å². The molecule has 0 aromatic carbocycles. The first kappa shape index (κ1) is 10.5. The molecule has 0 radical (unpaired) electrons. The zero-order chi connectivity index (χ0) is 11.6. The summed E-state index contributed by atoms with van der Waals surface area (Å²) in [5, 5.41) is 6.97. The lowest BCUT2D eigenvalue weighted by Crippen LogP contribution is -2.37. The van der Waals surface area contributed by atoms with Gasteiger partial charge in [0, 0.05) is 6.04 Å². The molecule has 0 spiro atoms. The van der Waals surface area contributed by atoms with Crippen molar-refractivity contribution in [2.24, 2.45) is 16.7 Å². The number of H-pyrrole nitrogens is 1. The summed E-state index contributed by atoms with van der Waals surface area (Å²) >= 11 is 5.33. The summed E-state index contributed by atoms with van der Waals surface area (Å²) in [5.41, 5.74) is 0.755. The fraction of sp³-hybridized carbons (Fsp3) is 0.833. The third-order valence-electron chi connectivity index (χ3n) is 5.05. The van der Waals surface area contributed by atoms with Gasteiger partial charge < -0.3 is 4.57 Å². The van der Waals surface area contributed by atoms with Crippen LogP contribution in [0.1, 0.15) is 46.1 Å². The molecular formula is C12H19N3S. The van der Waals surface area contributed by atoms with E-state index in [4.69, 9.17) is 12.2 Å². The Bertz CT molecular complexity index is 468. The van der Waals surface area contributed by atoms with E-state index in [1.165, 1.54) is 19.3 Å². The van der Waals surface area contributed by atoms with Gasteiger partial charge in [-0.15, -0.1) is 0 Å². The van der Waals surface area contributed by atoms with Gasteiger partial charge >= 0.3 is 0 Å². The lowest BCUT2D eigenvalue weighted by Gasteiger charge is -2.43. The lowest BCUT2D eigenvalue weighted by molar-refractivity contribution is 0.0821. The van der Waals surface area contributed by atoms with E-state index in [-0.39, 0.29) is 0 Å². The molecular weight excluding hydrogens is 218 g/mol. The Morgan fingerprint density at radius 1 is 1.50 bits per heavy atom. The Labute approximate surface area is 101 Å². The minimum absolute atomic E-state index is 0.342. The van der Waals surface area contributed by atoms with Crippen molar-refractivity contribution in [2.45, 2.75) is 46.1 Å². The zero-order valence-electron chi connectivity index (χ0n) is 10.2. The van der Waals surface area contributed by atoms with Crippen LogP contribution in [-0.2, 0) is 0 Å². The average Bonchev–Trinajstić information content (AvgIpc) is 2.78. The van der Waals surface area contributed by atoms with E-state index in [0.29, 0.717) is 16.9 Å². The Morgan fingerprint density at radius 3 is 2.75 bits per heavy atom. The molecule has 2 bridgehead atoms. The second-order valence-electron chi connectivity index (χ2n) is 6.39. The van der Waals surface area contributed by atoms with Crippen molar-refractivity contribution in [3.05, 3.63) is 11.1 Å². The van der Waals surface area contributed by atoms with Crippen LogP contribution < -0.4 is 0 Å². The second kappa shape index (κ2) is 2.97. The van der Waals surface area contributed by atoms with Crippen LogP contribution in [0.4, 0.5) is 0 Å². The van der Waals surface area contributed by atoms with E-state index >= 15 is 0 Å². The number of hydrogen-bond acceptors (Lipinski definition) is 2. The summed E-state index contributed by atoms with van der Waals surface area (Å²) in [6.45, 7) is 7.20. The van der Waals surface area contributed by atoms with Crippen LogP contribution in [0.25, 0.3) is 0 Å². The van der Waals surface area contributed by atoms with Gasteiger partial charge in [0.05, 0.1) is 0 Å². The molecule has 3 atom stereocenters. The van der Waals surface area contributed by atoms with Crippen LogP contribution in [0.15, 0.2) is 6.33 Å². The van der Waals surface area contributed by atoms with Gasteiger partial charge in [0.15, 0.2) is 4.77 Å². The first-order chi connectivity index (χ1) is 7.45. The van der Waals surface area contributed by atoms with Crippen LogP contribution in [0.3, 0.4) is 0 Å². The standard InChI is InChI=1S/C12H19N3S/c1-11(2)8-4-5-12(3,6-8)9(11)15-7-13-14-10(15)16/h7-9H,4-6H2,1-3H3,(H,14,16). The molecule has 1 N–H and O–H groups in total. The number of rotatable bonds is 1. The molecule has 1 aromatic rings. The van der Waals surface area contributed by atoms with Gasteiger partial charge in [-0.1, -0.05) is 20.8 Å². The third kappa shape index (κ3) is 1.14. The number of hydrogen-bond donors (Lipinski definition) is 1. The molecule has 2 aliphatic rings. The number of fused-ring (bicyclic) bond motifs is 2. The molecule has 2 fully saturated rings. The number of nitrogens with one attached hydrogen (secondary N) is 1. The Hall–Kier alpha value is -0.640. The largest absolute Gasteiger partial charge is 0.303 e. The van der Waals surface area contributed by atoms with Crippen LogP contribution in [-0.4, -0.2) is 14.8 Å². The monoisotopic (exact) mass is 237 g/mol. The molecule has 1 heterocycles. The van der Waals surface area contributed by atoms with Gasteiger partial charge in [0.25, 0.3) is 0 Å². The fourth-order valence-corrected chi connectivity index (χ4v) is 4.62. The molecule has 16 heavy (non-hydrogen) atoms. The average molecular weight is 237 g/mol. The topological polar surface area (TPSA) is 33.6 Å². The van der Waals surface area contributed by atoms with Gasteiger partial charge in [-0.2, -0.15) is 5.10 Å². The summed E-state index contributed by atoms with van der Waals surface area (Å²) in [7, 11) is 0. The molecule has 0 aliphatic heterocycles. The minimum atomic E-state index is 0.342. The summed E-state index contributed by atoms with van der Waals surface area (Å²) in [6.07, 6.45) is 5.93. The molecule has 3 nitrogen and oxygen atoms in total. The highest BCUT2D eigenvalue weighted by Gasteiger charge is 2.60. The van der Waals surface area contributed by atoms with E-state index in [1.54, 1.807) is 0 Å². The van der Waals surface area contributed by atoms with Crippen molar-refractivity contribution in [1.82, 2.24) is 14.8 Å². The van der Waals surface area contributed by atoms with Gasteiger partial charge in [0.2, 0.25) is 0 Å². The van der Waals surface area contributed by atoms with Crippen molar-refractivity contribution < 1.29 is 0 Å². The molecule has 3 unspecified atom stereocenters. The summed E-state index contributed by atoms with van der Waals surface area (Å²) in [4.78, 5) is 0. The highest BCUT2D eigenvalue weighted by atomic mass is 32.1. The molecule has 2 saturated carbocycles. The Morgan fingerprint density at radius 2 is 2.25 bits per heavy atom. The van der Waals surface area contributed by atoms with Crippen molar-refractivity contribution in [2.75, 3.05) is 0 Å². The van der Waals surface area contributed by atoms with E-state index in [1.807, 2.05) is 6.33 Å². The minimum Gasteiger partial charge on any atom is -0.303 e. The first-order valence-electron chi connectivity index (χ1n) is 6.07. The fourth-order valence-electron chi connectivity index (χ4n) is 4.41. The summed E-state index contributed by atoms with van der Waals surface area (Å²) < 4.78 is 2.96. The van der Waals surface area contributed by atoms with Crippen LogP contribution in [0, 0.1) is 21.5 Å². The highest BCUT2D eigenvalue weighted by Crippen LogP contribution is 2.67. The van der Waals surface area contributed by atoms with E-state index in [2.05, 4.69) is 35.5 Å². The van der Waals surface area contributed by atoms with Crippen molar-refractivity contribution in [3.63, 3.8) is 0 Å². The van der Waals surface area contributed by atoms with Crippen LogP contribution in [0.5, 0.6) is 0 Å². The molecule has 2 aliphatic carbocycles. The predicted octanol–water partition coefficient (Wildman–Crippen LogP) is 3.33. The molecule has 0 amide bonds. The smallest absolute Gasteiger partial charge is 0.195 e. The normalized spacial score (nSPS) is 40.4. The Kier molecular flexibility index (Phi) is 1.95. The van der Waals surface area contributed by atoms with Gasteiger partial charge in [0.1, 0.15) is 6.33 Å². The van der Waals surface area contributed by atoms with E-state index < -0.39 is 0 Å². The molecule has 0 saturated heterocycles. The number of aromatic amines is 1. The lowest BCUT2D eigenvalue weighted by atomic mass is 9.68. The van der Waals surface area contributed by atoms with Crippen LogP contribution in [0.2, 0.25) is 0 Å². The summed E-state index contributed by atoms with van der Waals surface area (Å²) in [6, 6.07) is 0.505.